The molecule has 0 aliphatic heterocycles. The number of amides is 2. The molecular weight excluding hydrogens is 450 g/mol. The van der Waals surface area contributed by atoms with Crippen LogP contribution in [0.15, 0.2) is 23.7 Å². The minimum atomic E-state index is -4.67. The van der Waals surface area contributed by atoms with E-state index < -0.39 is 23.0 Å². The van der Waals surface area contributed by atoms with Gasteiger partial charge in [-0.1, -0.05) is 11.3 Å². The maximum absolute atomic E-state index is 14.4. The average molecular weight is 463 g/mol. The number of thiazole rings is 1. The molecule has 0 aliphatic carbocycles. The van der Waals surface area contributed by atoms with Crippen molar-refractivity contribution in [2.45, 2.75) is 6.18 Å². The summed E-state index contributed by atoms with van der Waals surface area (Å²) in [6.45, 7) is 0.354. The Labute approximate surface area is 174 Å². The molecule has 160 valence electrons. The summed E-state index contributed by atoms with van der Waals surface area (Å²) in [6.07, 6.45) is -3.15. The first-order chi connectivity index (χ1) is 14.3. The molecule has 3 aromatic rings. The molecule has 0 spiro atoms. The lowest BCUT2D eigenvalue weighted by atomic mass is 10.1. The molecule has 0 fully saturated rings. The quantitative estimate of drug-likeness (QED) is 0.396. The summed E-state index contributed by atoms with van der Waals surface area (Å²) in [4.78, 5) is 16.4. The topological polar surface area (TPSA) is 98.3 Å². The molecule has 8 nitrogen and oxygen atoms in total. The van der Waals surface area contributed by atoms with Crippen LogP contribution in [0.4, 0.5) is 33.2 Å². The van der Waals surface area contributed by atoms with Gasteiger partial charge in [-0.15, -0.1) is 21.5 Å². The van der Waals surface area contributed by atoms with E-state index in [4.69, 9.17) is 9.47 Å². The fourth-order valence-electron chi connectivity index (χ4n) is 2.17. The van der Waals surface area contributed by atoms with Gasteiger partial charge in [0.05, 0.1) is 12.3 Å². The Bertz CT molecular complexity index is 1010. The largest absolute Gasteiger partial charge is 0.488 e. The van der Waals surface area contributed by atoms with Crippen LogP contribution in [-0.4, -0.2) is 41.5 Å². The van der Waals surface area contributed by atoms with Crippen molar-refractivity contribution in [2.75, 3.05) is 31.0 Å². The van der Waals surface area contributed by atoms with E-state index in [0.717, 1.165) is 6.07 Å². The molecule has 30 heavy (non-hydrogen) atoms. The molecule has 2 amide bonds. The number of aromatic nitrogens is 3. The number of methoxy groups -OCH3 is 1. The van der Waals surface area contributed by atoms with Crippen LogP contribution < -0.4 is 15.4 Å². The van der Waals surface area contributed by atoms with E-state index in [9.17, 15) is 22.4 Å². The fraction of sp³-hybridized carbons (Fsp3) is 0.250. The molecule has 0 bridgehead atoms. The number of urea groups is 1. The van der Waals surface area contributed by atoms with Crippen LogP contribution in [0.25, 0.3) is 10.6 Å². The second-order valence-electron chi connectivity index (χ2n) is 5.50. The molecule has 0 aliphatic rings. The molecule has 2 aromatic heterocycles. The third-order valence-corrected chi connectivity index (χ3v) is 5.11. The monoisotopic (exact) mass is 463 g/mol. The van der Waals surface area contributed by atoms with Gasteiger partial charge in [-0.3, -0.25) is 5.32 Å². The SMILES string of the molecule is COCCOc1cc(-c2nccs2)c(NC(=O)Nc2nnc(C(F)(F)F)s2)cc1F. The normalized spacial score (nSPS) is 11.4. The van der Waals surface area contributed by atoms with Gasteiger partial charge in [-0.25, -0.2) is 14.2 Å². The second-order valence-corrected chi connectivity index (χ2v) is 7.37. The minimum absolute atomic E-state index is 0.0413. The van der Waals surface area contributed by atoms with Gasteiger partial charge in [0.2, 0.25) is 10.1 Å². The van der Waals surface area contributed by atoms with Crippen LogP contribution >= 0.6 is 22.7 Å². The molecule has 0 unspecified atom stereocenters. The standard InChI is InChI=1S/C16H13F4N5O3S2/c1-27-3-4-28-11-6-8(12-21-2-5-29-12)10(7-9(11)17)22-14(26)23-15-25-24-13(30-15)16(18,19)20/h2,5-7H,3-4H2,1H3,(H2,22,23,25,26). The van der Waals surface area contributed by atoms with Crippen LogP contribution in [0.5, 0.6) is 5.75 Å². The number of hydrogen-bond donors (Lipinski definition) is 2. The molecule has 2 heterocycles. The minimum Gasteiger partial charge on any atom is -0.488 e. The maximum Gasteiger partial charge on any atom is 0.445 e. The Morgan fingerprint density at radius 1 is 1.20 bits per heavy atom. The van der Waals surface area contributed by atoms with Gasteiger partial charge < -0.3 is 14.8 Å². The van der Waals surface area contributed by atoms with Crippen molar-refractivity contribution in [2.24, 2.45) is 0 Å². The molecular formula is C16H13F4N5O3S2. The second kappa shape index (κ2) is 9.32. The molecule has 0 radical (unpaired) electrons. The van der Waals surface area contributed by atoms with Crippen molar-refractivity contribution in [1.82, 2.24) is 15.2 Å². The predicted molar refractivity (Wildman–Crippen MR) is 102 cm³/mol. The number of rotatable bonds is 7. The third-order valence-electron chi connectivity index (χ3n) is 3.42. The number of ether oxygens (including phenoxy) is 2. The number of halogens is 4. The number of carbonyl (C=O) groups is 1. The maximum atomic E-state index is 14.4. The number of anilines is 2. The summed E-state index contributed by atoms with van der Waals surface area (Å²) >= 11 is 1.40. The van der Waals surface area contributed by atoms with Crippen molar-refractivity contribution in [3.8, 4) is 16.3 Å². The molecule has 3 rings (SSSR count). The van der Waals surface area contributed by atoms with E-state index in [2.05, 4.69) is 25.8 Å². The first kappa shape index (κ1) is 21.9. The highest BCUT2D eigenvalue weighted by Gasteiger charge is 2.35. The zero-order valence-electron chi connectivity index (χ0n) is 15.1. The van der Waals surface area contributed by atoms with Gasteiger partial charge in [-0.2, -0.15) is 13.2 Å². The van der Waals surface area contributed by atoms with E-state index >= 15 is 0 Å². The predicted octanol–water partition coefficient (Wildman–Crippen LogP) is 4.49. The van der Waals surface area contributed by atoms with E-state index in [1.807, 2.05) is 0 Å². The highest BCUT2D eigenvalue weighted by atomic mass is 32.1. The van der Waals surface area contributed by atoms with Crippen molar-refractivity contribution < 1.29 is 31.8 Å². The Hall–Kier alpha value is -2.84. The molecule has 0 atom stereocenters. The Morgan fingerprint density at radius 3 is 2.63 bits per heavy atom. The molecule has 0 saturated carbocycles. The third kappa shape index (κ3) is 5.40. The van der Waals surface area contributed by atoms with Gasteiger partial charge in [0, 0.05) is 30.3 Å². The van der Waals surface area contributed by atoms with Crippen molar-refractivity contribution in [1.29, 1.82) is 0 Å². The van der Waals surface area contributed by atoms with Crippen LogP contribution in [0, 0.1) is 5.82 Å². The first-order valence-corrected chi connectivity index (χ1v) is 9.81. The number of nitrogens with one attached hydrogen (secondary N) is 2. The summed E-state index contributed by atoms with van der Waals surface area (Å²) in [5.41, 5.74) is 0.404. The highest BCUT2D eigenvalue weighted by molar-refractivity contribution is 7.15. The summed E-state index contributed by atoms with van der Waals surface area (Å²) in [7, 11) is 1.47. The summed E-state index contributed by atoms with van der Waals surface area (Å²) in [5.74, 6) is -0.820. The first-order valence-electron chi connectivity index (χ1n) is 8.11. The van der Waals surface area contributed by atoms with Gasteiger partial charge in [0.15, 0.2) is 11.6 Å². The highest BCUT2D eigenvalue weighted by Crippen LogP contribution is 2.36. The van der Waals surface area contributed by atoms with Gasteiger partial charge >= 0.3 is 12.2 Å². The van der Waals surface area contributed by atoms with Gasteiger partial charge in [-0.05, 0) is 6.07 Å². The fourth-order valence-corrected chi connectivity index (χ4v) is 3.45. The molecule has 2 N–H and O–H groups in total. The van der Waals surface area contributed by atoms with Crippen molar-refractivity contribution in [3.05, 3.63) is 34.5 Å². The van der Waals surface area contributed by atoms with E-state index in [-0.39, 0.29) is 41.1 Å². The van der Waals surface area contributed by atoms with Crippen molar-refractivity contribution in [3.63, 3.8) is 0 Å². The number of benzene rings is 1. The molecule has 14 heteroatoms. The van der Waals surface area contributed by atoms with E-state index in [1.54, 1.807) is 5.38 Å². The van der Waals surface area contributed by atoms with Crippen molar-refractivity contribution >= 4 is 39.5 Å². The number of hydrogen-bond acceptors (Lipinski definition) is 8. The number of alkyl halides is 3. The lowest BCUT2D eigenvalue weighted by molar-refractivity contribution is -0.138. The molecule has 0 saturated heterocycles. The zero-order valence-corrected chi connectivity index (χ0v) is 16.8. The van der Waals surface area contributed by atoms with Crippen LogP contribution in [0.2, 0.25) is 0 Å². The van der Waals surface area contributed by atoms with E-state index in [0.29, 0.717) is 10.6 Å². The summed E-state index contributed by atoms with van der Waals surface area (Å²) < 4.78 is 62.4. The smallest absolute Gasteiger partial charge is 0.445 e. The van der Waals surface area contributed by atoms with Gasteiger partial charge in [0.1, 0.15) is 11.6 Å². The van der Waals surface area contributed by atoms with Crippen LogP contribution in [0.1, 0.15) is 5.01 Å². The molecule has 1 aromatic carbocycles. The zero-order chi connectivity index (χ0) is 21.7. The Balaban J connectivity index is 1.81. The summed E-state index contributed by atoms with van der Waals surface area (Å²) in [5, 5.41) is 11.4. The lowest BCUT2D eigenvalue weighted by Crippen LogP contribution is -2.20. The van der Waals surface area contributed by atoms with Crippen LogP contribution in [-0.2, 0) is 10.9 Å². The number of nitrogens with zero attached hydrogens (tertiary/aromatic N) is 3. The van der Waals surface area contributed by atoms with Crippen LogP contribution in [0.3, 0.4) is 0 Å². The Morgan fingerprint density at radius 2 is 2.00 bits per heavy atom. The Kier molecular flexibility index (Phi) is 6.79. The van der Waals surface area contributed by atoms with E-state index in [1.165, 1.54) is 30.7 Å². The number of carbonyl (C=O) groups excluding carboxylic acids is 1. The van der Waals surface area contributed by atoms with Gasteiger partial charge in [0.25, 0.3) is 0 Å². The average Bonchev–Trinajstić information content (AvgIpc) is 3.35. The lowest BCUT2D eigenvalue weighted by Gasteiger charge is -2.13. The summed E-state index contributed by atoms with van der Waals surface area (Å²) in [6, 6.07) is 1.47.